The smallest absolute Gasteiger partial charge is 0.145 e. The molecule has 9 heterocycles. The van der Waals surface area contributed by atoms with Crippen molar-refractivity contribution in [2.24, 2.45) is 11.8 Å². The third-order valence-electron chi connectivity index (χ3n) is 16.5. The van der Waals surface area contributed by atoms with Crippen LogP contribution in [0.4, 0.5) is 28.4 Å². The van der Waals surface area contributed by atoms with Crippen LogP contribution in [0.1, 0.15) is 89.9 Å². The first kappa shape index (κ1) is 64.2. The van der Waals surface area contributed by atoms with Gasteiger partial charge in [-0.1, -0.05) is 13.2 Å². The second-order valence-corrected chi connectivity index (χ2v) is 22.3. The van der Waals surface area contributed by atoms with Crippen LogP contribution in [0.5, 0.6) is 28.7 Å². The number of likely N-dealkylation sites (tertiary alicyclic amines) is 3. The first-order valence-electron chi connectivity index (χ1n) is 29.7. The average Bonchev–Trinajstić information content (AvgIpc) is 4.29. The molecule has 2 aliphatic carbocycles. The second kappa shape index (κ2) is 33.8. The first-order valence-corrected chi connectivity index (χ1v) is 29.7. The van der Waals surface area contributed by atoms with Crippen LogP contribution in [-0.4, -0.2) is 157 Å². The van der Waals surface area contributed by atoms with Crippen molar-refractivity contribution in [3.05, 3.63) is 117 Å². The van der Waals surface area contributed by atoms with Crippen molar-refractivity contribution in [1.29, 1.82) is 0 Å². The van der Waals surface area contributed by atoms with E-state index in [1.807, 2.05) is 30.3 Å². The van der Waals surface area contributed by atoms with Gasteiger partial charge in [0.05, 0.1) is 117 Å². The van der Waals surface area contributed by atoms with E-state index in [2.05, 4.69) is 66.9 Å². The van der Waals surface area contributed by atoms with E-state index in [1.165, 1.54) is 38.8 Å². The number of hydrogen-bond donors (Lipinski definition) is 5. The van der Waals surface area contributed by atoms with Crippen LogP contribution >= 0.6 is 0 Å². The Balaban J connectivity index is 0.000000151. The molecule has 5 aromatic rings. The molecule has 21 nitrogen and oxygen atoms in total. The van der Waals surface area contributed by atoms with Gasteiger partial charge in [-0.15, -0.1) is 0 Å². The van der Waals surface area contributed by atoms with Crippen molar-refractivity contribution < 1.29 is 37.9 Å². The van der Waals surface area contributed by atoms with Crippen LogP contribution in [0.25, 0.3) is 0 Å². The molecular weight excluding hydrogens is 1070 g/mol. The quantitative estimate of drug-likeness (QED) is 0.0544. The van der Waals surface area contributed by atoms with Gasteiger partial charge >= 0.3 is 0 Å². The Kier molecular flexibility index (Phi) is 25.9. The number of ether oxygens (including phenoxy) is 8. The van der Waals surface area contributed by atoms with E-state index >= 15 is 0 Å². The second-order valence-electron chi connectivity index (χ2n) is 22.3. The van der Waals surface area contributed by atoms with E-state index in [9.17, 15) is 0 Å². The van der Waals surface area contributed by atoms with Crippen LogP contribution in [-0.2, 0) is 14.2 Å². The minimum atomic E-state index is 0.232. The standard InChI is InChI=1S/2C14H20N2O2.C13H19N3O2.2C11H17N3O/c2*1-10(17-2)11-3-5-12(6-4-11)18-14-7-8-16-9-13(14)15;14-12-7-15-4-1-13(12)18-11-2-5-16(6-3-11)10-8-17-9-10;2*1-14-6-2-3-9(14)8-15-11-4-5-13-7-10(11)12/h2*7-9,11-12H,1,3-6,15H2,2H3;1,4,7,10-11H,2-3,5-6,8-9,14H2;2*4-5,7,9H,2-3,6,8,12H2,1H3/t;;;2*9-/m...10/s1. The summed E-state index contributed by atoms with van der Waals surface area (Å²) in [6, 6.07) is 10.8. The molecule has 4 aliphatic heterocycles. The fraction of sp³-hybridized carbons (Fsp3) is 0.540. The van der Waals surface area contributed by atoms with Crippen LogP contribution < -0.4 is 52.4 Å². The van der Waals surface area contributed by atoms with E-state index in [-0.39, 0.29) is 18.3 Å². The third-order valence-corrected chi connectivity index (χ3v) is 16.5. The number of anilines is 5. The van der Waals surface area contributed by atoms with Crippen molar-refractivity contribution in [1.82, 2.24) is 39.6 Å². The first-order chi connectivity index (χ1) is 40.8. The molecule has 0 aromatic carbocycles. The van der Waals surface area contributed by atoms with Crippen LogP contribution in [0.2, 0.25) is 0 Å². The Bertz CT molecular complexity index is 2590. The molecule has 10 N–H and O–H groups in total. The van der Waals surface area contributed by atoms with Gasteiger partial charge in [-0.3, -0.25) is 29.8 Å². The monoisotopic (exact) mass is 1160 g/mol. The van der Waals surface area contributed by atoms with E-state index in [0.29, 0.717) is 71.6 Å². The third kappa shape index (κ3) is 20.2. The largest absolute Gasteiger partial charge is 0.501 e. The maximum Gasteiger partial charge on any atom is 0.145 e. The molecule has 2 atom stereocenters. The fourth-order valence-corrected chi connectivity index (χ4v) is 11.0. The Labute approximate surface area is 497 Å². The van der Waals surface area contributed by atoms with E-state index in [1.54, 1.807) is 76.2 Å². The summed E-state index contributed by atoms with van der Waals surface area (Å²) in [6.45, 7) is 15.6. The lowest BCUT2D eigenvalue weighted by Gasteiger charge is -2.41. The van der Waals surface area contributed by atoms with Gasteiger partial charge in [0.25, 0.3) is 0 Å². The molecule has 0 bridgehead atoms. The lowest BCUT2D eigenvalue weighted by Crippen LogP contribution is -2.52. The molecule has 84 heavy (non-hydrogen) atoms. The molecule has 0 radical (unpaired) electrons. The molecule has 6 aliphatic rings. The number of nitrogen functional groups attached to an aromatic ring is 5. The summed E-state index contributed by atoms with van der Waals surface area (Å²) in [6.07, 6.45) is 32.7. The SMILES string of the molecule is C=C(OC)C1CCC(Oc2ccncc2N)CC1.C=C(OC)C1CCC(Oc2ccncc2N)CC1.CN1CCC[C@@H]1COc1ccncc1N.CN1CCC[C@H]1COc1ccncc1N.Nc1cnccc1OC1CCN(C2COC2)CC1. The topological polar surface area (TPSA) is 278 Å². The van der Waals surface area contributed by atoms with Crippen molar-refractivity contribution in [3.8, 4) is 28.7 Å². The summed E-state index contributed by atoms with van der Waals surface area (Å²) in [7, 11) is 7.64. The number of hydrogen-bond acceptors (Lipinski definition) is 21. The molecule has 0 amide bonds. The van der Waals surface area contributed by atoms with Gasteiger partial charge in [0.15, 0.2) is 0 Å². The number of nitrogens with two attached hydrogens (primary N) is 5. The summed E-state index contributed by atoms with van der Waals surface area (Å²) >= 11 is 0. The van der Waals surface area contributed by atoms with Crippen LogP contribution in [0.3, 0.4) is 0 Å². The van der Waals surface area contributed by atoms with Crippen LogP contribution in [0.15, 0.2) is 117 Å². The highest BCUT2D eigenvalue weighted by Crippen LogP contribution is 2.35. The average molecular weight is 1160 g/mol. The molecule has 5 aromatic heterocycles. The predicted molar refractivity (Wildman–Crippen MR) is 330 cm³/mol. The zero-order valence-corrected chi connectivity index (χ0v) is 50.0. The summed E-state index contributed by atoms with van der Waals surface area (Å²) in [5, 5.41) is 0. The molecule has 0 unspecified atom stereocenters. The normalized spacial score (nSPS) is 22.7. The Morgan fingerprint density at radius 1 is 0.464 bits per heavy atom. The van der Waals surface area contributed by atoms with Gasteiger partial charge in [-0.05, 0) is 117 Å². The number of nitrogens with zero attached hydrogens (tertiary/aromatic N) is 8. The number of methoxy groups -OCH3 is 2. The van der Waals surface area contributed by atoms with Gasteiger partial charge < -0.3 is 76.4 Å². The molecule has 6 fully saturated rings. The summed E-state index contributed by atoms with van der Waals surface area (Å²) in [5.74, 6) is 6.41. The highest BCUT2D eigenvalue weighted by molar-refractivity contribution is 5.52. The minimum Gasteiger partial charge on any atom is -0.501 e. The minimum absolute atomic E-state index is 0.232. The lowest BCUT2D eigenvalue weighted by atomic mass is 9.86. The Morgan fingerprint density at radius 3 is 1.06 bits per heavy atom. The van der Waals surface area contributed by atoms with Crippen molar-refractivity contribution in [2.45, 2.75) is 126 Å². The highest BCUT2D eigenvalue weighted by atomic mass is 16.5. The maximum absolute atomic E-state index is 5.94. The molecule has 11 rings (SSSR count). The van der Waals surface area contributed by atoms with Gasteiger partial charge in [0.2, 0.25) is 0 Å². The summed E-state index contributed by atoms with van der Waals surface area (Å²) in [5.41, 5.74) is 32.0. The molecular formula is C63H93N13O8. The molecule has 2 saturated carbocycles. The number of likely N-dealkylation sites (N-methyl/N-ethyl adjacent to an activating group) is 2. The molecule has 0 spiro atoms. The van der Waals surface area contributed by atoms with Crippen LogP contribution in [0, 0.1) is 11.8 Å². The summed E-state index contributed by atoms with van der Waals surface area (Å²) < 4.78 is 44.8. The zero-order chi connectivity index (χ0) is 59.6. The fourth-order valence-electron chi connectivity index (χ4n) is 11.0. The Hall–Kier alpha value is -7.33. The van der Waals surface area contributed by atoms with E-state index < -0.39 is 0 Å². The highest BCUT2D eigenvalue weighted by Gasteiger charge is 2.31. The number of pyridine rings is 5. The van der Waals surface area contributed by atoms with Gasteiger partial charge in [-0.25, -0.2) is 0 Å². The number of rotatable bonds is 17. The molecule has 458 valence electrons. The number of piperidine rings is 1. The summed E-state index contributed by atoms with van der Waals surface area (Å²) in [4.78, 5) is 26.9. The van der Waals surface area contributed by atoms with Gasteiger partial charge in [-0.2, -0.15) is 0 Å². The Morgan fingerprint density at radius 2 is 0.786 bits per heavy atom. The van der Waals surface area contributed by atoms with Gasteiger partial charge in [0, 0.05) is 98.3 Å². The van der Waals surface area contributed by atoms with Gasteiger partial charge in [0.1, 0.15) is 48.1 Å². The zero-order valence-electron chi connectivity index (χ0n) is 50.0. The molecule has 21 heteroatoms. The van der Waals surface area contributed by atoms with Crippen molar-refractivity contribution in [2.75, 3.05) is 110 Å². The molecule has 4 saturated heterocycles. The number of allylic oxidation sites excluding steroid dienone is 2. The predicted octanol–water partition coefficient (Wildman–Crippen LogP) is 8.70. The maximum atomic E-state index is 5.94. The van der Waals surface area contributed by atoms with E-state index in [0.717, 1.165) is 131 Å². The van der Waals surface area contributed by atoms with Crippen molar-refractivity contribution >= 4 is 28.4 Å². The van der Waals surface area contributed by atoms with Crippen molar-refractivity contribution in [3.63, 3.8) is 0 Å². The number of aromatic nitrogens is 5. The van der Waals surface area contributed by atoms with E-state index in [4.69, 9.17) is 66.6 Å². The lowest BCUT2D eigenvalue weighted by molar-refractivity contribution is -0.0777.